The molecular formula is C12H11BrFN3O3S. The number of pyridine rings is 1. The number of rotatable bonds is 4. The summed E-state index contributed by atoms with van der Waals surface area (Å²) in [5, 5.41) is 0. The second-order valence-corrected chi connectivity index (χ2v) is 6.50. The number of benzene rings is 1. The standard InChI is InChI=1S/C12H11BrFN3O3S/c1-20-12-9(14)4-8(5-10(12)15)21(18,19)17-7-2-3-11(13)16-6-7/h2-6,17H,15H2,1H3. The molecule has 9 heteroatoms. The number of nitrogen functional groups attached to an aromatic ring is 1. The fourth-order valence-electron chi connectivity index (χ4n) is 1.61. The predicted molar refractivity (Wildman–Crippen MR) is 80.1 cm³/mol. The van der Waals surface area contributed by atoms with Crippen molar-refractivity contribution < 1.29 is 17.5 Å². The van der Waals surface area contributed by atoms with Crippen LogP contribution in [0.25, 0.3) is 0 Å². The molecule has 0 bridgehead atoms. The summed E-state index contributed by atoms with van der Waals surface area (Å²) in [6, 6.07) is 5.04. The maximum absolute atomic E-state index is 13.7. The van der Waals surface area contributed by atoms with Crippen molar-refractivity contribution in [1.82, 2.24) is 4.98 Å². The van der Waals surface area contributed by atoms with Crippen LogP contribution in [-0.2, 0) is 10.0 Å². The first-order chi connectivity index (χ1) is 9.83. The molecule has 3 N–H and O–H groups in total. The molecule has 21 heavy (non-hydrogen) atoms. The van der Waals surface area contributed by atoms with Crippen molar-refractivity contribution in [1.29, 1.82) is 0 Å². The highest BCUT2D eigenvalue weighted by molar-refractivity contribution is 9.10. The minimum atomic E-state index is -3.98. The number of aromatic nitrogens is 1. The minimum Gasteiger partial charge on any atom is -0.492 e. The molecule has 0 radical (unpaired) electrons. The Morgan fingerprint density at radius 2 is 2.10 bits per heavy atom. The summed E-state index contributed by atoms with van der Waals surface area (Å²) in [5.41, 5.74) is 5.71. The molecule has 0 saturated heterocycles. The van der Waals surface area contributed by atoms with Gasteiger partial charge in [-0.25, -0.2) is 17.8 Å². The lowest BCUT2D eigenvalue weighted by molar-refractivity contribution is 0.388. The third-order valence-electron chi connectivity index (χ3n) is 2.54. The molecule has 0 amide bonds. The third-order valence-corrected chi connectivity index (χ3v) is 4.37. The molecule has 0 aliphatic carbocycles. The van der Waals surface area contributed by atoms with Crippen LogP contribution in [0.3, 0.4) is 0 Å². The largest absolute Gasteiger partial charge is 0.492 e. The lowest BCUT2D eigenvalue weighted by atomic mass is 10.3. The minimum absolute atomic E-state index is 0.105. The summed E-state index contributed by atoms with van der Waals surface area (Å²) >= 11 is 3.14. The molecule has 1 aromatic carbocycles. The Bertz CT molecular complexity index is 743. The summed E-state index contributed by atoms with van der Waals surface area (Å²) < 4.78 is 45.7. The quantitative estimate of drug-likeness (QED) is 0.631. The van der Waals surface area contributed by atoms with Crippen LogP contribution in [0.1, 0.15) is 0 Å². The van der Waals surface area contributed by atoms with E-state index in [2.05, 4.69) is 25.6 Å². The Morgan fingerprint density at radius 1 is 1.38 bits per heavy atom. The van der Waals surface area contributed by atoms with Crippen LogP contribution in [0, 0.1) is 5.82 Å². The Morgan fingerprint density at radius 3 is 2.62 bits per heavy atom. The molecule has 2 rings (SSSR count). The van der Waals surface area contributed by atoms with Crippen molar-refractivity contribution in [2.24, 2.45) is 0 Å². The fourth-order valence-corrected chi connectivity index (χ4v) is 2.93. The Hall–Kier alpha value is -1.87. The van der Waals surface area contributed by atoms with Gasteiger partial charge in [0.15, 0.2) is 11.6 Å². The summed E-state index contributed by atoms with van der Waals surface area (Å²) in [4.78, 5) is 3.59. The van der Waals surface area contributed by atoms with E-state index in [1.165, 1.54) is 19.4 Å². The normalized spacial score (nSPS) is 11.2. The zero-order valence-corrected chi connectivity index (χ0v) is 13.2. The second-order valence-electron chi connectivity index (χ2n) is 4.00. The van der Waals surface area contributed by atoms with E-state index >= 15 is 0 Å². The maximum atomic E-state index is 13.7. The molecule has 0 spiro atoms. The van der Waals surface area contributed by atoms with Crippen LogP contribution in [-0.4, -0.2) is 20.5 Å². The van der Waals surface area contributed by atoms with Gasteiger partial charge in [-0.2, -0.15) is 0 Å². The topological polar surface area (TPSA) is 94.3 Å². The highest BCUT2D eigenvalue weighted by atomic mass is 79.9. The first-order valence-corrected chi connectivity index (χ1v) is 7.88. The number of halogens is 2. The van der Waals surface area contributed by atoms with Crippen LogP contribution in [0.5, 0.6) is 5.75 Å². The molecule has 0 atom stereocenters. The van der Waals surface area contributed by atoms with Gasteiger partial charge in [0.1, 0.15) is 4.60 Å². The van der Waals surface area contributed by atoms with Gasteiger partial charge in [0.25, 0.3) is 10.0 Å². The summed E-state index contributed by atoms with van der Waals surface area (Å²) in [5.74, 6) is -1.05. The number of ether oxygens (including phenoxy) is 1. The Kier molecular flexibility index (Phi) is 4.33. The Balaban J connectivity index is 2.38. The smallest absolute Gasteiger partial charge is 0.262 e. The average molecular weight is 376 g/mol. The van der Waals surface area contributed by atoms with Crippen LogP contribution in [0.2, 0.25) is 0 Å². The van der Waals surface area contributed by atoms with Gasteiger partial charge >= 0.3 is 0 Å². The van der Waals surface area contributed by atoms with Gasteiger partial charge in [-0.15, -0.1) is 0 Å². The Labute approximate surface area is 129 Å². The number of methoxy groups -OCH3 is 1. The van der Waals surface area contributed by atoms with Gasteiger partial charge in [-0.1, -0.05) is 0 Å². The van der Waals surface area contributed by atoms with Crippen molar-refractivity contribution in [3.63, 3.8) is 0 Å². The van der Waals surface area contributed by atoms with E-state index in [4.69, 9.17) is 10.5 Å². The summed E-state index contributed by atoms with van der Waals surface area (Å²) in [6.07, 6.45) is 1.32. The summed E-state index contributed by atoms with van der Waals surface area (Å²) in [7, 11) is -2.73. The van der Waals surface area contributed by atoms with Crippen molar-refractivity contribution >= 4 is 37.3 Å². The van der Waals surface area contributed by atoms with E-state index in [0.29, 0.717) is 4.60 Å². The lowest BCUT2D eigenvalue weighted by Gasteiger charge is -2.11. The van der Waals surface area contributed by atoms with Gasteiger partial charge < -0.3 is 10.5 Å². The zero-order chi connectivity index (χ0) is 15.6. The molecule has 0 fully saturated rings. The van der Waals surface area contributed by atoms with Gasteiger partial charge in [0.05, 0.1) is 29.6 Å². The lowest BCUT2D eigenvalue weighted by Crippen LogP contribution is -2.14. The van der Waals surface area contributed by atoms with Gasteiger partial charge in [0, 0.05) is 0 Å². The van der Waals surface area contributed by atoms with Crippen LogP contribution >= 0.6 is 15.9 Å². The molecule has 112 valence electrons. The van der Waals surface area contributed by atoms with Crippen LogP contribution in [0.15, 0.2) is 40.0 Å². The molecule has 0 aliphatic heterocycles. The van der Waals surface area contributed by atoms with E-state index < -0.39 is 15.8 Å². The van der Waals surface area contributed by atoms with E-state index in [1.807, 2.05) is 0 Å². The van der Waals surface area contributed by atoms with E-state index in [1.54, 1.807) is 6.07 Å². The van der Waals surface area contributed by atoms with E-state index in [-0.39, 0.29) is 22.0 Å². The van der Waals surface area contributed by atoms with E-state index in [0.717, 1.165) is 12.1 Å². The molecule has 1 aromatic heterocycles. The number of hydrogen-bond acceptors (Lipinski definition) is 5. The maximum Gasteiger partial charge on any atom is 0.262 e. The van der Waals surface area contributed by atoms with Gasteiger partial charge in [-0.3, -0.25) is 4.72 Å². The number of anilines is 2. The fraction of sp³-hybridized carbons (Fsp3) is 0.0833. The third kappa shape index (κ3) is 3.42. The number of nitrogens with zero attached hydrogens (tertiary/aromatic N) is 1. The number of hydrogen-bond donors (Lipinski definition) is 2. The van der Waals surface area contributed by atoms with E-state index in [9.17, 15) is 12.8 Å². The number of nitrogens with two attached hydrogens (primary N) is 1. The molecule has 1 heterocycles. The SMILES string of the molecule is COc1c(N)cc(S(=O)(=O)Nc2ccc(Br)nc2)cc1F. The highest BCUT2D eigenvalue weighted by Crippen LogP contribution is 2.29. The summed E-state index contributed by atoms with van der Waals surface area (Å²) in [6.45, 7) is 0. The number of sulfonamides is 1. The molecular weight excluding hydrogens is 365 g/mol. The van der Waals surface area contributed by atoms with Crippen molar-refractivity contribution in [2.75, 3.05) is 17.6 Å². The average Bonchev–Trinajstić information content (AvgIpc) is 2.41. The molecule has 0 aliphatic rings. The first-order valence-electron chi connectivity index (χ1n) is 5.61. The molecule has 6 nitrogen and oxygen atoms in total. The monoisotopic (exact) mass is 375 g/mol. The molecule has 0 saturated carbocycles. The van der Waals surface area contributed by atoms with Gasteiger partial charge in [-0.05, 0) is 40.2 Å². The zero-order valence-electron chi connectivity index (χ0n) is 10.8. The molecule has 0 unspecified atom stereocenters. The van der Waals surface area contributed by atoms with Crippen LogP contribution in [0.4, 0.5) is 15.8 Å². The van der Waals surface area contributed by atoms with Gasteiger partial charge in [0.2, 0.25) is 0 Å². The number of nitrogens with one attached hydrogen (secondary N) is 1. The first kappa shape index (κ1) is 15.5. The van der Waals surface area contributed by atoms with Crippen molar-refractivity contribution in [3.8, 4) is 5.75 Å². The van der Waals surface area contributed by atoms with Crippen molar-refractivity contribution in [3.05, 3.63) is 40.9 Å². The van der Waals surface area contributed by atoms with Crippen LogP contribution < -0.4 is 15.2 Å². The molecule has 2 aromatic rings. The highest BCUT2D eigenvalue weighted by Gasteiger charge is 2.19. The second kappa shape index (κ2) is 5.86. The predicted octanol–water partition coefficient (Wildman–Crippen LogP) is 2.37. The van der Waals surface area contributed by atoms with Crippen molar-refractivity contribution in [2.45, 2.75) is 4.90 Å².